The lowest BCUT2D eigenvalue weighted by atomic mass is 10.1. The van der Waals surface area contributed by atoms with E-state index in [4.69, 9.17) is 5.11 Å². The van der Waals surface area contributed by atoms with Crippen LogP contribution in [0.5, 0.6) is 0 Å². The molecular weight excluding hydrogens is 248 g/mol. The Morgan fingerprint density at radius 2 is 1.74 bits per heavy atom. The van der Waals surface area contributed by atoms with Crippen molar-refractivity contribution in [1.82, 2.24) is 9.80 Å². The van der Waals surface area contributed by atoms with Crippen LogP contribution in [0.15, 0.2) is 0 Å². The second-order valence-corrected chi connectivity index (χ2v) is 5.35. The van der Waals surface area contributed by atoms with E-state index in [0.29, 0.717) is 19.5 Å². The van der Waals surface area contributed by atoms with Gasteiger partial charge in [0.15, 0.2) is 0 Å². The van der Waals surface area contributed by atoms with Gasteiger partial charge in [0.1, 0.15) is 6.04 Å². The van der Waals surface area contributed by atoms with Crippen LogP contribution in [-0.4, -0.2) is 63.8 Å². The van der Waals surface area contributed by atoms with Gasteiger partial charge in [0.05, 0.1) is 12.6 Å². The summed E-state index contributed by atoms with van der Waals surface area (Å²) in [6.45, 7) is 1.08. The summed E-state index contributed by atoms with van der Waals surface area (Å²) in [5.74, 6) is -0.929. The highest BCUT2D eigenvalue weighted by molar-refractivity contribution is 5.83. The molecule has 2 atom stereocenters. The van der Waals surface area contributed by atoms with Crippen molar-refractivity contribution in [3.63, 3.8) is 0 Å². The number of carbonyl (C=O) groups excluding carboxylic acids is 1. The van der Waals surface area contributed by atoms with Gasteiger partial charge in [0.25, 0.3) is 0 Å². The minimum Gasteiger partial charge on any atom is -0.480 e. The van der Waals surface area contributed by atoms with Crippen LogP contribution >= 0.6 is 0 Å². The van der Waals surface area contributed by atoms with Gasteiger partial charge >= 0.3 is 12.0 Å². The molecule has 2 aliphatic heterocycles. The number of nitrogens with zero attached hydrogens (tertiary/aromatic N) is 2. The fraction of sp³-hybridized carbons (Fsp3) is 0.846. The molecule has 0 aromatic carbocycles. The summed E-state index contributed by atoms with van der Waals surface area (Å²) in [4.78, 5) is 26.8. The highest BCUT2D eigenvalue weighted by Gasteiger charge is 2.38. The van der Waals surface area contributed by atoms with E-state index >= 15 is 0 Å². The van der Waals surface area contributed by atoms with Crippen molar-refractivity contribution in [3.05, 3.63) is 0 Å². The zero-order valence-corrected chi connectivity index (χ0v) is 11.1. The van der Waals surface area contributed by atoms with Crippen LogP contribution in [0.25, 0.3) is 0 Å². The van der Waals surface area contributed by atoms with E-state index in [-0.39, 0.29) is 18.7 Å². The number of aliphatic carboxylic acids is 1. The maximum atomic E-state index is 12.5. The molecule has 0 spiro atoms. The third-order valence-corrected chi connectivity index (χ3v) is 4.12. The predicted molar refractivity (Wildman–Crippen MR) is 68.8 cm³/mol. The zero-order valence-electron chi connectivity index (χ0n) is 11.1. The summed E-state index contributed by atoms with van der Waals surface area (Å²) < 4.78 is 0. The zero-order chi connectivity index (χ0) is 13.8. The van der Waals surface area contributed by atoms with E-state index < -0.39 is 12.0 Å². The first-order valence-electron chi connectivity index (χ1n) is 7.06. The molecule has 0 radical (unpaired) electrons. The van der Waals surface area contributed by atoms with Crippen molar-refractivity contribution >= 4 is 12.0 Å². The number of carboxylic acids is 1. The van der Waals surface area contributed by atoms with Crippen molar-refractivity contribution in [2.75, 3.05) is 19.7 Å². The highest BCUT2D eigenvalue weighted by atomic mass is 16.4. The van der Waals surface area contributed by atoms with Crippen LogP contribution < -0.4 is 0 Å². The van der Waals surface area contributed by atoms with E-state index in [9.17, 15) is 14.7 Å². The molecular formula is C13H22N2O4. The van der Waals surface area contributed by atoms with Gasteiger partial charge < -0.3 is 20.0 Å². The average Bonchev–Trinajstić information content (AvgIpc) is 2.76. The number of carbonyl (C=O) groups is 2. The van der Waals surface area contributed by atoms with Crippen molar-refractivity contribution < 1.29 is 19.8 Å². The minimum atomic E-state index is -0.929. The maximum Gasteiger partial charge on any atom is 0.326 e. The average molecular weight is 270 g/mol. The van der Waals surface area contributed by atoms with Crippen molar-refractivity contribution in [2.45, 2.75) is 50.6 Å². The predicted octanol–water partition coefficient (Wildman–Crippen LogP) is 0.892. The largest absolute Gasteiger partial charge is 0.480 e. The Balaban J connectivity index is 2.09. The Hall–Kier alpha value is -1.30. The Kier molecular flexibility index (Phi) is 4.63. The molecule has 0 aromatic heterocycles. The van der Waals surface area contributed by atoms with E-state index in [1.54, 1.807) is 4.90 Å². The number of hydrogen-bond acceptors (Lipinski definition) is 3. The summed E-state index contributed by atoms with van der Waals surface area (Å²) in [5, 5.41) is 18.6. The molecule has 6 heteroatoms. The molecule has 0 saturated carbocycles. The molecule has 2 aliphatic rings. The molecule has 2 saturated heterocycles. The number of urea groups is 1. The molecule has 2 heterocycles. The number of likely N-dealkylation sites (tertiary alicyclic amines) is 2. The summed E-state index contributed by atoms with van der Waals surface area (Å²) in [5.41, 5.74) is 0. The van der Waals surface area contributed by atoms with Gasteiger partial charge in [-0.1, -0.05) is 12.8 Å². The first-order chi connectivity index (χ1) is 9.15. The monoisotopic (exact) mass is 270 g/mol. The van der Waals surface area contributed by atoms with E-state index in [2.05, 4.69) is 0 Å². The van der Waals surface area contributed by atoms with Crippen molar-refractivity contribution in [2.24, 2.45) is 0 Å². The normalized spacial score (nSPS) is 28.3. The van der Waals surface area contributed by atoms with Crippen LogP contribution in [0.2, 0.25) is 0 Å². The number of rotatable bonds is 2. The van der Waals surface area contributed by atoms with Crippen LogP contribution in [0, 0.1) is 0 Å². The lowest BCUT2D eigenvalue weighted by Crippen LogP contribution is -2.52. The Morgan fingerprint density at radius 1 is 1.00 bits per heavy atom. The maximum absolute atomic E-state index is 12.5. The van der Waals surface area contributed by atoms with Gasteiger partial charge in [-0.05, 0) is 25.7 Å². The van der Waals surface area contributed by atoms with Crippen LogP contribution in [0.4, 0.5) is 4.79 Å². The number of hydrogen-bond donors (Lipinski definition) is 2. The van der Waals surface area contributed by atoms with Gasteiger partial charge in [-0.25, -0.2) is 9.59 Å². The molecule has 2 amide bonds. The standard InChI is InChI=1S/C13H22N2O4/c16-9-10-5-2-1-3-7-14(10)13(19)15-8-4-6-11(15)12(17)18/h10-11,16H,1-9H2,(H,17,18)/t10?,11-/m0/s1. The Labute approximate surface area is 113 Å². The molecule has 2 N–H and O–H groups in total. The third-order valence-electron chi connectivity index (χ3n) is 4.12. The van der Waals surface area contributed by atoms with Crippen molar-refractivity contribution in [1.29, 1.82) is 0 Å². The fourth-order valence-corrected chi connectivity index (χ4v) is 3.04. The lowest BCUT2D eigenvalue weighted by Gasteiger charge is -2.34. The SMILES string of the molecule is O=C(O)[C@@H]1CCCN1C(=O)N1CCCCCC1CO. The van der Waals surface area contributed by atoms with Gasteiger partial charge in [0, 0.05) is 13.1 Å². The summed E-state index contributed by atoms with van der Waals surface area (Å²) in [6, 6.07) is -1.08. The number of aliphatic hydroxyl groups is 1. The highest BCUT2D eigenvalue weighted by Crippen LogP contribution is 2.23. The summed E-state index contributed by atoms with van der Waals surface area (Å²) >= 11 is 0. The quantitative estimate of drug-likeness (QED) is 0.781. The Bertz CT molecular complexity index is 348. The minimum absolute atomic E-state index is 0.0443. The van der Waals surface area contributed by atoms with Crippen LogP contribution in [0.3, 0.4) is 0 Å². The fourth-order valence-electron chi connectivity index (χ4n) is 3.04. The van der Waals surface area contributed by atoms with E-state index in [1.165, 1.54) is 4.90 Å². The Morgan fingerprint density at radius 3 is 2.42 bits per heavy atom. The molecule has 1 unspecified atom stereocenters. The van der Waals surface area contributed by atoms with Gasteiger partial charge in [0.2, 0.25) is 0 Å². The second kappa shape index (κ2) is 6.23. The first kappa shape index (κ1) is 14.1. The molecule has 108 valence electrons. The topological polar surface area (TPSA) is 81.1 Å². The van der Waals surface area contributed by atoms with Gasteiger partial charge in [-0.15, -0.1) is 0 Å². The molecule has 2 fully saturated rings. The molecule has 0 bridgehead atoms. The molecule has 19 heavy (non-hydrogen) atoms. The van der Waals surface area contributed by atoms with Crippen LogP contribution in [0.1, 0.15) is 38.5 Å². The molecule has 0 aromatic rings. The molecule has 0 aliphatic carbocycles. The molecule has 6 nitrogen and oxygen atoms in total. The smallest absolute Gasteiger partial charge is 0.326 e. The summed E-state index contributed by atoms with van der Waals surface area (Å²) in [6.07, 6.45) is 5.06. The number of amides is 2. The number of aliphatic hydroxyl groups excluding tert-OH is 1. The molecule has 2 rings (SSSR count). The van der Waals surface area contributed by atoms with Gasteiger partial charge in [-0.2, -0.15) is 0 Å². The van der Waals surface area contributed by atoms with Crippen molar-refractivity contribution in [3.8, 4) is 0 Å². The first-order valence-corrected chi connectivity index (χ1v) is 7.06. The van der Waals surface area contributed by atoms with Gasteiger partial charge in [-0.3, -0.25) is 0 Å². The second-order valence-electron chi connectivity index (χ2n) is 5.35. The van der Waals surface area contributed by atoms with Crippen LogP contribution in [-0.2, 0) is 4.79 Å². The third kappa shape index (κ3) is 3.00. The van der Waals surface area contributed by atoms with E-state index in [0.717, 1.165) is 32.1 Å². The summed E-state index contributed by atoms with van der Waals surface area (Å²) in [7, 11) is 0. The number of carboxylic acid groups (broad SMARTS) is 1. The lowest BCUT2D eigenvalue weighted by molar-refractivity contribution is -0.141. The van der Waals surface area contributed by atoms with E-state index in [1.807, 2.05) is 0 Å².